The first kappa shape index (κ1) is 12.2. The number of anilines is 1. The number of ether oxygens (including phenoxy) is 1. The zero-order chi connectivity index (χ0) is 12.4. The van der Waals surface area contributed by atoms with E-state index >= 15 is 0 Å². The van der Waals surface area contributed by atoms with Crippen molar-refractivity contribution in [3.8, 4) is 0 Å². The van der Waals surface area contributed by atoms with Gasteiger partial charge in [-0.3, -0.25) is 0 Å². The Kier molecular flexibility index (Phi) is 3.54. The molecule has 0 spiro atoms. The molecule has 0 saturated carbocycles. The van der Waals surface area contributed by atoms with E-state index in [2.05, 4.69) is 5.32 Å². The van der Waals surface area contributed by atoms with Crippen LogP contribution in [0.5, 0.6) is 0 Å². The van der Waals surface area contributed by atoms with Crippen molar-refractivity contribution in [1.82, 2.24) is 0 Å². The second-order valence-corrected chi connectivity index (χ2v) is 4.52. The monoisotopic (exact) mass is 255 g/mol. The predicted octanol–water partition coefficient (Wildman–Crippen LogP) is 2.63. The van der Waals surface area contributed by atoms with Crippen LogP contribution in [0.3, 0.4) is 0 Å². The SMILES string of the molecule is CC1OCCC1Nc1ccc(Cl)c(C(=O)O)c1. The lowest BCUT2D eigenvalue weighted by atomic mass is 10.1. The van der Waals surface area contributed by atoms with Crippen LogP contribution in [0, 0.1) is 0 Å². The van der Waals surface area contributed by atoms with Gasteiger partial charge in [0.05, 0.1) is 22.7 Å². The molecule has 17 heavy (non-hydrogen) atoms. The van der Waals surface area contributed by atoms with E-state index in [4.69, 9.17) is 21.4 Å². The average molecular weight is 256 g/mol. The maximum atomic E-state index is 10.9. The highest BCUT2D eigenvalue weighted by atomic mass is 35.5. The molecule has 0 aromatic heterocycles. The second kappa shape index (κ2) is 4.94. The van der Waals surface area contributed by atoms with E-state index in [1.807, 2.05) is 6.92 Å². The molecule has 2 unspecified atom stereocenters. The number of hydrogen-bond acceptors (Lipinski definition) is 3. The number of benzene rings is 1. The number of aromatic carboxylic acids is 1. The molecule has 4 nitrogen and oxygen atoms in total. The van der Waals surface area contributed by atoms with Gasteiger partial charge in [0.2, 0.25) is 0 Å². The molecule has 1 aliphatic rings. The molecule has 1 aliphatic heterocycles. The molecule has 2 atom stereocenters. The average Bonchev–Trinajstić information content (AvgIpc) is 2.67. The normalized spacial score (nSPS) is 23.6. The van der Waals surface area contributed by atoms with Gasteiger partial charge >= 0.3 is 5.97 Å². The minimum atomic E-state index is -1.02. The van der Waals surface area contributed by atoms with Crippen molar-refractivity contribution in [2.75, 3.05) is 11.9 Å². The second-order valence-electron chi connectivity index (χ2n) is 4.12. The number of carboxylic acid groups (broad SMARTS) is 1. The molecule has 1 saturated heterocycles. The molecule has 1 fully saturated rings. The third-order valence-corrected chi connectivity index (χ3v) is 3.25. The van der Waals surface area contributed by atoms with E-state index in [9.17, 15) is 4.79 Å². The van der Waals surface area contributed by atoms with E-state index < -0.39 is 5.97 Å². The first-order valence-electron chi connectivity index (χ1n) is 5.49. The Bertz CT molecular complexity index is 436. The molecular weight excluding hydrogens is 242 g/mol. The summed E-state index contributed by atoms with van der Waals surface area (Å²) in [6.45, 7) is 2.73. The predicted molar refractivity (Wildman–Crippen MR) is 65.9 cm³/mol. The fourth-order valence-corrected chi connectivity index (χ4v) is 2.11. The van der Waals surface area contributed by atoms with Gasteiger partial charge in [0.25, 0.3) is 0 Å². The van der Waals surface area contributed by atoms with Crippen molar-refractivity contribution in [2.24, 2.45) is 0 Å². The Morgan fingerprint density at radius 3 is 2.94 bits per heavy atom. The maximum Gasteiger partial charge on any atom is 0.337 e. The van der Waals surface area contributed by atoms with Crippen molar-refractivity contribution >= 4 is 23.3 Å². The minimum absolute atomic E-state index is 0.114. The quantitative estimate of drug-likeness (QED) is 0.872. The van der Waals surface area contributed by atoms with Crippen LogP contribution >= 0.6 is 11.6 Å². The molecule has 2 rings (SSSR count). The van der Waals surface area contributed by atoms with E-state index in [0.717, 1.165) is 18.7 Å². The van der Waals surface area contributed by atoms with E-state index in [0.29, 0.717) is 0 Å². The summed E-state index contributed by atoms with van der Waals surface area (Å²) in [5.74, 6) is -1.02. The summed E-state index contributed by atoms with van der Waals surface area (Å²) < 4.78 is 5.43. The molecule has 0 aliphatic carbocycles. The maximum absolute atomic E-state index is 10.9. The zero-order valence-electron chi connectivity index (χ0n) is 9.44. The number of nitrogens with one attached hydrogen (secondary N) is 1. The molecule has 1 heterocycles. The highest BCUT2D eigenvalue weighted by molar-refractivity contribution is 6.33. The lowest BCUT2D eigenvalue weighted by molar-refractivity contribution is 0.0697. The van der Waals surface area contributed by atoms with Gasteiger partial charge in [-0.05, 0) is 31.5 Å². The summed E-state index contributed by atoms with van der Waals surface area (Å²) in [7, 11) is 0. The fraction of sp³-hybridized carbons (Fsp3) is 0.417. The molecule has 2 N–H and O–H groups in total. The number of carbonyl (C=O) groups is 1. The van der Waals surface area contributed by atoms with Crippen LogP contribution in [-0.4, -0.2) is 29.8 Å². The highest BCUT2D eigenvalue weighted by Gasteiger charge is 2.24. The van der Waals surface area contributed by atoms with Crippen LogP contribution in [0.2, 0.25) is 5.02 Å². The topological polar surface area (TPSA) is 58.6 Å². The summed E-state index contributed by atoms with van der Waals surface area (Å²) in [6, 6.07) is 5.14. The van der Waals surface area contributed by atoms with Crippen LogP contribution in [0.1, 0.15) is 23.7 Å². The van der Waals surface area contributed by atoms with Crippen molar-refractivity contribution in [3.63, 3.8) is 0 Å². The fourth-order valence-electron chi connectivity index (χ4n) is 1.91. The molecule has 0 amide bonds. The molecule has 1 aromatic rings. The summed E-state index contributed by atoms with van der Waals surface area (Å²) in [4.78, 5) is 10.9. The summed E-state index contributed by atoms with van der Waals surface area (Å²) in [5.41, 5.74) is 0.873. The molecule has 92 valence electrons. The van der Waals surface area contributed by atoms with Gasteiger partial charge in [-0.2, -0.15) is 0 Å². The van der Waals surface area contributed by atoms with Crippen LogP contribution in [0.25, 0.3) is 0 Å². The van der Waals surface area contributed by atoms with Crippen molar-refractivity contribution < 1.29 is 14.6 Å². The Morgan fingerprint density at radius 2 is 2.35 bits per heavy atom. The van der Waals surface area contributed by atoms with E-state index in [-0.39, 0.29) is 22.7 Å². The van der Waals surface area contributed by atoms with Crippen LogP contribution in [-0.2, 0) is 4.74 Å². The molecule has 0 bridgehead atoms. The van der Waals surface area contributed by atoms with Crippen molar-refractivity contribution in [2.45, 2.75) is 25.5 Å². The largest absolute Gasteiger partial charge is 0.478 e. The highest BCUT2D eigenvalue weighted by Crippen LogP contribution is 2.23. The number of hydrogen-bond donors (Lipinski definition) is 2. The lowest BCUT2D eigenvalue weighted by Crippen LogP contribution is -2.26. The van der Waals surface area contributed by atoms with Crippen LogP contribution in [0.4, 0.5) is 5.69 Å². The van der Waals surface area contributed by atoms with Gasteiger partial charge in [-0.15, -0.1) is 0 Å². The Hall–Kier alpha value is -1.26. The smallest absolute Gasteiger partial charge is 0.337 e. The number of rotatable bonds is 3. The number of carboxylic acids is 1. The summed E-state index contributed by atoms with van der Waals surface area (Å²) >= 11 is 5.80. The number of halogens is 1. The van der Waals surface area contributed by atoms with Crippen LogP contribution in [0.15, 0.2) is 18.2 Å². The van der Waals surface area contributed by atoms with E-state index in [1.165, 1.54) is 0 Å². The minimum Gasteiger partial charge on any atom is -0.478 e. The first-order chi connectivity index (χ1) is 8.08. The third kappa shape index (κ3) is 2.70. The third-order valence-electron chi connectivity index (χ3n) is 2.93. The van der Waals surface area contributed by atoms with Gasteiger partial charge in [-0.1, -0.05) is 11.6 Å². The van der Waals surface area contributed by atoms with Gasteiger partial charge in [0, 0.05) is 12.3 Å². The summed E-state index contributed by atoms with van der Waals surface area (Å²) in [6.07, 6.45) is 1.06. The molecular formula is C12H14ClNO3. The van der Waals surface area contributed by atoms with Gasteiger partial charge in [0.15, 0.2) is 0 Å². The Labute approximate surface area is 105 Å². The molecule has 5 heteroatoms. The Morgan fingerprint density at radius 1 is 1.59 bits per heavy atom. The lowest BCUT2D eigenvalue weighted by Gasteiger charge is -2.17. The van der Waals surface area contributed by atoms with Crippen molar-refractivity contribution in [3.05, 3.63) is 28.8 Å². The summed E-state index contributed by atoms with van der Waals surface area (Å²) in [5, 5.41) is 12.5. The zero-order valence-corrected chi connectivity index (χ0v) is 10.2. The van der Waals surface area contributed by atoms with Crippen molar-refractivity contribution in [1.29, 1.82) is 0 Å². The Balaban J connectivity index is 2.16. The van der Waals surface area contributed by atoms with Crippen LogP contribution < -0.4 is 5.32 Å². The molecule has 0 radical (unpaired) electrons. The van der Waals surface area contributed by atoms with Gasteiger partial charge in [0.1, 0.15) is 0 Å². The van der Waals surface area contributed by atoms with E-state index in [1.54, 1.807) is 18.2 Å². The van der Waals surface area contributed by atoms with Gasteiger partial charge < -0.3 is 15.2 Å². The first-order valence-corrected chi connectivity index (χ1v) is 5.86. The van der Waals surface area contributed by atoms with Gasteiger partial charge in [-0.25, -0.2) is 4.79 Å². The molecule has 1 aromatic carbocycles. The standard InChI is InChI=1S/C12H14ClNO3/c1-7-11(4-5-17-7)14-8-2-3-10(13)9(6-8)12(15)16/h2-3,6-7,11,14H,4-5H2,1H3,(H,15,16).